The van der Waals surface area contributed by atoms with E-state index in [9.17, 15) is 4.79 Å². The molecule has 2 aromatic carbocycles. The Balaban J connectivity index is 2.65. The maximum atomic E-state index is 11.9. The molecule has 0 spiro atoms. The van der Waals surface area contributed by atoms with E-state index >= 15 is 0 Å². The molecule has 0 unspecified atom stereocenters. The first-order valence-corrected chi connectivity index (χ1v) is 8.25. The predicted octanol–water partition coefficient (Wildman–Crippen LogP) is 2.44. The van der Waals surface area contributed by atoms with Crippen LogP contribution in [0.15, 0.2) is 35.3 Å². The van der Waals surface area contributed by atoms with E-state index in [2.05, 4.69) is 11.6 Å². The lowest BCUT2D eigenvalue weighted by molar-refractivity contribution is 0.0600. The first-order valence-electron chi connectivity index (χ1n) is 8.25. The molecule has 0 amide bonds. The molecule has 27 heavy (non-hydrogen) atoms. The number of aryl methyl sites for hydroxylation is 1. The Morgan fingerprint density at radius 1 is 1.04 bits per heavy atom. The van der Waals surface area contributed by atoms with Gasteiger partial charge in [0.05, 0.1) is 26.9 Å². The molecule has 0 saturated carbocycles. The summed E-state index contributed by atoms with van der Waals surface area (Å²) in [5.74, 6) is 1.38. The van der Waals surface area contributed by atoms with Crippen LogP contribution in [0, 0.1) is 6.92 Å². The Morgan fingerprint density at radius 3 is 2.33 bits per heavy atom. The molecule has 0 aliphatic heterocycles. The third kappa shape index (κ3) is 4.67. The molecule has 6 heteroatoms. The fraction of sp³-hybridized carbons (Fsp3) is 0.238. The van der Waals surface area contributed by atoms with Gasteiger partial charge in [-0.3, -0.25) is 0 Å². The number of hydrogen-bond acceptors (Lipinski definition) is 6. The van der Waals surface area contributed by atoms with Crippen LogP contribution >= 0.6 is 0 Å². The number of carbonyl (C=O) groups is 1. The number of ether oxygens (including phenoxy) is 4. The number of benzene rings is 2. The molecule has 0 N–H and O–H groups in total. The molecule has 0 aromatic heterocycles. The average molecular weight is 369 g/mol. The lowest BCUT2D eigenvalue weighted by atomic mass is 10.1. The fourth-order valence-corrected chi connectivity index (χ4v) is 2.53. The van der Waals surface area contributed by atoms with E-state index in [1.54, 1.807) is 38.4 Å². The number of rotatable bonds is 6. The zero-order valence-electron chi connectivity index (χ0n) is 16.2. The molecule has 0 saturated heterocycles. The van der Waals surface area contributed by atoms with Gasteiger partial charge in [0.15, 0.2) is 0 Å². The summed E-state index contributed by atoms with van der Waals surface area (Å²) in [7, 11) is 4.42. The van der Waals surface area contributed by atoms with Crippen LogP contribution < -0.4 is 24.6 Å². The number of nitrogens with zero attached hydrogens (tertiary/aromatic N) is 1. The highest BCUT2D eigenvalue weighted by Crippen LogP contribution is 2.25. The standard InChI is InChI=1S/C21H23NO5/c1-7-22-20(18-12-19(25-5)14(3)8-13(18)2)27-17-10-15(21(23)26-6)9-16(11-17)24-4/h7-12H,2H2,1,3-6H3/b20-18+,22-7-. The van der Waals surface area contributed by atoms with Crippen LogP contribution in [-0.2, 0) is 4.74 Å². The van der Waals surface area contributed by atoms with Crippen molar-refractivity contribution < 1.29 is 23.7 Å². The Bertz CT molecular complexity index is 979. The quantitative estimate of drug-likeness (QED) is 0.578. The zero-order valence-corrected chi connectivity index (χ0v) is 16.2. The molecule has 0 bridgehead atoms. The summed E-state index contributed by atoms with van der Waals surface area (Å²) in [6, 6.07) is 8.51. The van der Waals surface area contributed by atoms with Gasteiger partial charge in [0, 0.05) is 17.5 Å². The number of carbonyl (C=O) groups excluding carboxylic acids is 1. The van der Waals surface area contributed by atoms with Gasteiger partial charge in [-0.05, 0) is 48.9 Å². The SMILES string of the molecule is C=c1cc(C)c(OC)c/c1=C(/N=C\C)Oc1cc(OC)cc(C(=O)OC)c1. The van der Waals surface area contributed by atoms with Crippen molar-refractivity contribution in [2.75, 3.05) is 21.3 Å². The Morgan fingerprint density at radius 2 is 1.74 bits per heavy atom. The summed E-state index contributed by atoms with van der Waals surface area (Å²) >= 11 is 0. The van der Waals surface area contributed by atoms with Crippen molar-refractivity contribution >= 4 is 24.6 Å². The molecular weight excluding hydrogens is 346 g/mol. The van der Waals surface area contributed by atoms with Gasteiger partial charge >= 0.3 is 5.97 Å². The van der Waals surface area contributed by atoms with Crippen LogP contribution in [0.1, 0.15) is 22.8 Å². The van der Waals surface area contributed by atoms with Crippen LogP contribution in [0.25, 0.3) is 12.5 Å². The normalized spacial score (nSPS) is 11.9. The zero-order chi connectivity index (χ0) is 20.0. The van der Waals surface area contributed by atoms with E-state index in [-0.39, 0.29) is 0 Å². The van der Waals surface area contributed by atoms with Crippen molar-refractivity contribution in [1.82, 2.24) is 0 Å². The summed E-state index contributed by atoms with van der Waals surface area (Å²) in [5, 5.41) is 1.42. The molecule has 0 radical (unpaired) electrons. The second-order valence-corrected chi connectivity index (χ2v) is 5.66. The van der Waals surface area contributed by atoms with Gasteiger partial charge in [0.25, 0.3) is 0 Å². The van der Waals surface area contributed by atoms with Gasteiger partial charge in [-0.25, -0.2) is 9.79 Å². The van der Waals surface area contributed by atoms with Gasteiger partial charge in [0.1, 0.15) is 17.2 Å². The fourth-order valence-electron chi connectivity index (χ4n) is 2.53. The highest BCUT2D eigenvalue weighted by Gasteiger charge is 2.12. The topological polar surface area (TPSA) is 66.3 Å². The molecule has 2 aromatic rings. The minimum absolute atomic E-state index is 0.308. The highest BCUT2D eigenvalue weighted by atomic mass is 16.5. The minimum Gasteiger partial charge on any atom is -0.497 e. The van der Waals surface area contributed by atoms with Crippen molar-refractivity contribution in [3.05, 3.63) is 51.9 Å². The van der Waals surface area contributed by atoms with Gasteiger partial charge in [-0.1, -0.05) is 6.58 Å². The average Bonchev–Trinajstić information content (AvgIpc) is 2.67. The molecule has 2 rings (SSSR count). The van der Waals surface area contributed by atoms with E-state index in [4.69, 9.17) is 18.9 Å². The summed E-state index contributed by atoms with van der Waals surface area (Å²) in [6.07, 6.45) is 1.61. The molecule has 6 nitrogen and oxygen atoms in total. The van der Waals surface area contributed by atoms with Crippen molar-refractivity contribution in [2.24, 2.45) is 4.99 Å². The molecule has 0 aliphatic rings. The van der Waals surface area contributed by atoms with E-state index in [0.29, 0.717) is 33.9 Å². The predicted molar refractivity (Wildman–Crippen MR) is 105 cm³/mol. The lowest BCUT2D eigenvalue weighted by Crippen LogP contribution is -2.27. The van der Waals surface area contributed by atoms with Gasteiger partial charge in [0.2, 0.25) is 5.88 Å². The van der Waals surface area contributed by atoms with Gasteiger partial charge < -0.3 is 18.9 Å². The van der Waals surface area contributed by atoms with Crippen LogP contribution in [0.2, 0.25) is 0 Å². The molecule has 142 valence electrons. The lowest BCUT2D eigenvalue weighted by Gasteiger charge is -2.11. The Labute approximate surface area is 158 Å². The van der Waals surface area contributed by atoms with E-state index in [1.807, 2.05) is 19.1 Å². The van der Waals surface area contributed by atoms with Gasteiger partial charge in [-0.2, -0.15) is 0 Å². The van der Waals surface area contributed by atoms with Crippen molar-refractivity contribution in [2.45, 2.75) is 13.8 Å². The van der Waals surface area contributed by atoms with E-state index in [0.717, 1.165) is 10.8 Å². The number of hydrogen-bond donors (Lipinski definition) is 0. The minimum atomic E-state index is -0.492. The third-order valence-electron chi connectivity index (χ3n) is 3.85. The molecular formula is C21H23NO5. The number of esters is 1. The second-order valence-electron chi connectivity index (χ2n) is 5.66. The van der Waals surface area contributed by atoms with E-state index in [1.165, 1.54) is 14.2 Å². The summed E-state index contributed by atoms with van der Waals surface area (Å²) in [4.78, 5) is 16.2. The second kappa shape index (κ2) is 8.89. The summed E-state index contributed by atoms with van der Waals surface area (Å²) in [6.45, 7) is 7.78. The summed E-state index contributed by atoms with van der Waals surface area (Å²) < 4.78 is 21.4. The molecule has 0 heterocycles. The maximum Gasteiger partial charge on any atom is 0.338 e. The van der Waals surface area contributed by atoms with E-state index < -0.39 is 5.97 Å². The first-order chi connectivity index (χ1) is 12.9. The molecule has 0 aliphatic carbocycles. The van der Waals surface area contributed by atoms with Crippen molar-refractivity contribution in [1.29, 1.82) is 0 Å². The van der Waals surface area contributed by atoms with Crippen molar-refractivity contribution in [3.63, 3.8) is 0 Å². The number of aliphatic imine (C=N–C) groups is 1. The Hall–Kier alpha value is -3.28. The van der Waals surface area contributed by atoms with Crippen molar-refractivity contribution in [3.8, 4) is 17.2 Å². The molecule has 0 atom stereocenters. The Kier molecular flexibility index (Phi) is 6.60. The van der Waals surface area contributed by atoms with Crippen LogP contribution in [-0.4, -0.2) is 33.5 Å². The highest BCUT2D eigenvalue weighted by molar-refractivity contribution is 5.90. The monoisotopic (exact) mass is 369 g/mol. The van der Waals surface area contributed by atoms with Crippen LogP contribution in [0.3, 0.4) is 0 Å². The third-order valence-corrected chi connectivity index (χ3v) is 3.85. The first kappa shape index (κ1) is 20.0. The molecule has 0 fully saturated rings. The van der Waals surface area contributed by atoms with Gasteiger partial charge in [-0.15, -0.1) is 0 Å². The van der Waals surface area contributed by atoms with Crippen LogP contribution in [0.5, 0.6) is 17.2 Å². The largest absolute Gasteiger partial charge is 0.497 e. The van der Waals surface area contributed by atoms with Crippen LogP contribution in [0.4, 0.5) is 0 Å². The maximum absolute atomic E-state index is 11.9. The summed E-state index contributed by atoms with van der Waals surface area (Å²) in [5.41, 5.74) is 1.27. The smallest absolute Gasteiger partial charge is 0.338 e. The number of methoxy groups -OCH3 is 3.